The van der Waals surface area contributed by atoms with Crippen LogP contribution in [0.3, 0.4) is 0 Å². The van der Waals surface area contributed by atoms with Crippen LogP contribution >= 0.6 is 14.4 Å². The summed E-state index contributed by atoms with van der Waals surface area (Å²) in [6.45, 7) is 0. The lowest BCUT2D eigenvalue weighted by Gasteiger charge is -2.12. The van der Waals surface area contributed by atoms with Crippen LogP contribution in [0.2, 0.25) is 0 Å². The number of hydrogen-bond donors (Lipinski definition) is 0. The van der Waals surface area contributed by atoms with Gasteiger partial charge >= 0.3 is 0 Å². The van der Waals surface area contributed by atoms with Gasteiger partial charge in [-0.05, 0) is 10.4 Å². The summed E-state index contributed by atoms with van der Waals surface area (Å²) in [5.74, 6) is 1.97. The van der Waals surface area contributed by atoms with Crippen LogP contribution in [0.1, 0.15) is 0 Å². The number of azide groups is 1. The van der Waals surface area contributed by atoms with Crippen molar-refractivity contribution >= 4 is 35.7 Å². The molecule has 0 heterocycles. The van der Waals surface area contributed by atoms with Gasteiger partial charge in [-0.3, -0.25) is 4.57 Å². The van der Waals surface area contributed by atoms with E-state index in [2.05, 4.69) is 9.80 Å². The molecular formula is C25H20N4O2P2. The van der Waals surface area contributed by atoms with Crippen molar-refractivity contribution < 1.29 is 9.13 Å². The summed E-state index contributed by atoms with van der Waals surface area (Å²) in [5.41, 5.74) is 8.61. The van der Waals surface area contributed by atoms with Gasteiger partial charge in [0.1, 0.15) is 5.81 Å². The van der Waals surface area contributed by atoms with E-state index in [0.29, 0.717) is 21.2 Å². The molecule has 8 heteroatoms. The van der Waals surface area contributed by atoms with Gasteiger partial charge in [-0.25, -0.2) is 0 Å². The molecule has 0 amide bonds. The summed E-state index contributed by atoms with van der Waals surface area (Å²) in [7, 11) is -6.32. The zero-order valence-corrected chi connectivity index (χ0v) is 19.3. The average Bonchev–Trinajstić information content (AvgIpc) is 2.91. The molecule has 0 saturated carbocycles. The maximum absolute atomic E-state index is 12.8. The summed E-state index contributed by atoms with van der Waals surface area (Å²) in [5, 5.41) is 11.4. The minimum absolute atomic E-state index is 0.545. The normalized spacial score (nSPS) is 10.6. The molecule has 0 aliphatic carbocycles. The molecular weight excluding hydrogens is 450 g/mol. The fourth-order valence-electron chi connectivity index (χ4n) is 3.11. The summed E-state index contributed by atoms with van der Waals surface area (Å²) in [4.78, 5) is 6.26. The van der Waals surface area contributed by atoms with Crippen LogP contribution in [-0.2, 0) is 9.13 Å². The highest BCUT2D eigenvalue weighted by Gasteiger charge is 2.26. The molecule has 0 fully saturated rings. The predicted molar refractivity (Wildman–Crippen MR) is 134 cm³/mol. The highest BCUT2D eigenvalue weighted by atomic mass is 31.2. The fraction of sp³-hybridized carbons (Fsp3) is 0. The first-order valence-electron chi connectivity index (χ1n) is 9.95. The van der Waals surface area contributed by atoms with Crippen LogP contribution in [0, 0.1) is 11.1 Å². The van der Waals surface area contributed by atoms with Gasteiger partial charge in [0.2, 0.25) is 14.4 Å². The number of rotatable bonds is 5. The number of nitrogens with zero attached hydrogens (tertiary/aromatic N) is 4. The topological polar surface area (TPSA) is 107 Å². The molecule has 0 atom stereocenters. The lowest BCUT2D eigenvalue weighted by atomic mass is 10.4. The standard InChI is InChI=1S/C13H10NOP.C12H10N3OP/c14-11-16(15,12-7-3-1-4-8-12)13-9-5-2-6-10-13;13-14-15-17(16,11-7-3-1-4-8-11)12-9-5-2-6-10-12/h1-10H;1-10H. The van der Waals surface area contributed by atoms with E-state index in [9.17, 15) is 14.4 Å². The van der Waals surface area contributed by atoms with E-state index in [1.165, 1.54) is 0 Å². The smallest absolute Gasteiger partial charge is 0.236 e. The lowest BCUT2D eigenvalue weighted by Crippen LogP contribution is -2.13. The van der Waals surface area contributed by atoms with Crippen LogP contribution < -0.4 is 21.2 Å². The molecule has 0 N–H and O–H groups in total. The molecule has 162 valence electrons. The first kappa shape index (κ1) is 23.8. The van der Waals surface area contributed by atoms with Crippen LogP contribution in [-0.4, -0.2) is 0 Å². The first-order chi connectivity index (χ1) is 16.0. The lowest BCUT2D eigenvalue weighted by molar-refractivity contribution is 0.587. The number of nitriles is 1. The van der Waals surface area contributed by atoms with Crippen molar-refractivity contribution in [3.05, 3.63) is 132 Å². The largest absolute Gasteiger partial charge is 0.307 e. The second-order valence-electron chi connectivity index (χ2n) is 6.81. The average molecular weight is 470 g/mol. The number of hydrogen-bond acceptors (Lipinski definition) is 3. The van der Waals surface area contributed by atoms with E-state index in [1.54, 1.807) is 97.1 Å². The molecule has 33 heavy (non-hydrogen) atoms. The third-order valence-corrected chi connectivity index (χ3v) is 9.42. The Morgan fingerprint density at radius 3 is 1.18 bits per heavy atom. The Hall–Kier alpha value is -3.86. The summed E-state index contributed by atoms with van der Waals surface area (Å²) >= 11 is 0. The van der Waals surface area contributed by atoms with Gasteiger partial charge in [0.05, 0.1) is 0 Å². The summed E-state index contributed by atoms with van der Waals surface area (Å²) < 4.78 is 25.4. The van der Waals surface area contributed by atoms with Gasteiger partial charge in [0.15, 0.2) is 0 Å². The Bertz CT molecular complexity index is 1280. The van der Waals surface area contributed by atoms with E-state index in [1.807, 2.05) is 30.1 Å². The Balaban J connectivity index is 0.000000186. The summed E-state index contributed by atoms with van der Waals surface area (Å²) in [6.07, 6.45) is 0. The van der Waals surface area contributed by atoms with Crippen LogP contribution in [0.5, 0.6) is 0 Å². The van der Waals surface area contributed by atoms with Gasteiger partial charge in [-0.2, -0.15) is 5.26 Å². The molecule has 0 aromatic heterocycles. The highest BCUT2D eigenvalue weighted by Crippen LogP contribution is 2.45. The molecule has 0 spiro atoms. The molecule has 4 aromatic rings. The van der Waals surface area contributed by atoms with Crippen molar-refractivity contribution in [2.75, 3.05) is 0 Å². The SMILES string of the molecule is N#CP(=O)(c1ccccc1)c1ccccc1.[N-]=[N+]=NP(=O)(c1ccccc1)c1ccccc1. The van der Waals surface area contributed by atoms with E-state index in [-0.39, 0.29) is 0 Å². The Morgan fingerprint density at radius 2 is 0.909 bits per heavy atom. The van der Waals surface area contributed by atoms with Gasteiger partial charge in [0, 0.05) is 26.1 Å². The molecule has 6 nitrogen and oxygen atoms in total. The van der Waals surface area contributed by atoms with Gasteiger partial charge in [-0.15, -0.1) is 0 Å². The third-order valence-electron chi connectivity index (χ3n) is 4.76. The second-order valence-corrected chi connectivity index (χ2v) is 11.6. The molecule has 4 aromatic carbocycles. The molecule has 0 saturated heterocycles. The number of benzene rings is 4. The molecule has 0 radical (unpaired) electrons. The fourth-order valence-corrected chi connectivity index (χ4v) is 6.59. The zero-order valence-electron chi connectivity index (χ0n) is 17.5. The maximum atomic E-state index is 12.8. The van der Waals surface area contributed by atoms with Crippen molar-refractivity contribution in [1.29, 1.82) is 5.26 Å². The van der Waals surface area contributed by atoms with Gasteiger partial charge in [-0.1, -0.05) is 121 Å². The van der Waals surface area contributed by atoms with Crippen molar-refractivity contribution in [3.63, 3.8) is 0 Å². The van der Waals surface area contributed by atoms with E-state index in [4.69, 9.17) is 5.53 Å². The van der Waals surface area contributed by atoms with Crippen molar-refractivity contribution in [1.82, 2.24) is 0 Å². The molecule has 0 aliphatic rings. The van der Waals surface area contributed by atoms with E-state index in [0.717, 1.165) is 0 Å². The predicted octanol–water partition coefficient (Wildman–Crippen LogP) is 5.71. The molecule has 0 unspecified atom stereocenters. The minimum Gasteiger partial charge on any atom is -0.307 e. The zero-order chi connectivity index (χ0) is 23.6. The maximum Gasteiger partial charge on any atom is 0.236 e. The molecule has 0 aliphatic heterocycles. The van der Waals surface area contributed by atoms with Crippen molar-refractivity contribution in [2.45, 2.75) is 0 Å². The summed E-state index contributed by atoms with van der Waals surface area (Å²) in [6, 6.07) is 35.4. The minimum atomic E-state index is -3.22. The van der Waals surface area contributed by atoms with Crippen LogP contribution in [0.4, 0.5) is 0 Å². The Morgan fingerprint density at radius 1 is 0.606 bits per heavy atom. The molecule has 4 rings (SSSR count). The highest BCUT2D eigenvalue weighted by molar-refractivity contribution is 7.83. The van der Waals surface area contributed by atoms with Gasteiger partial charge < -0.3 is 4.57 Å². The molecule has 0 bridgehead atoms. The second kappa shape index (κ2) is 11.1. The Labute approximate surface area is 192 Å². The van der Waals surface area contributed by atoms with Crippen LogP contribution in [0.25, 0.3) is 10.4 Å². The quantitative estimate of drug-likeness (QED) is 0.161. The Kier molecular flexibility index (Phi) is 8.03. The first-order valence-corrected chi connectivity index (χ1v) is 13.3. The third kappa shape index (κ3) is 5.50. The van der Waals surface area contributed by atoms with E-state index < -0.39 is 14.4 Å². The van der Waals surface area contributed by atoms with Crippen molar-refractivity contribution in [2.24, 2.45) is 4.88 Å². The van der Waals surface area contributed by atoms with Gasteiger partial charge in [0.25, 0.3) is 0 Å². The monoisotopic (exact) mass is 470 g/mol. The van der Waals surface area contributed by atoms with Crippen molar-refractivity contribution in [3.8, 4) is 5.81 Å². The van der Waals surface area contributed by atoms with E-state index >= 15 is 0 Å². The van der Waals surface area contributed by atoms with Crippen LogP contribution in [0.15, 0.2) is 126 Å².